The molecule has 0 aliphatic heterocycles. The molecule has 2 rings (SSSR count). The molecule has 4 nitrogen and oxygen atoms in total. The van der Waals surface area contributed by atoms with Crippen molar-refractivity contribution in [2.45, 2.75) is 0 Å². The van der Waals surface area contributed by atoms with Crippen LogP contribution in [0.1, 0.15) is 15.9 Å². The topological polar surface area (TPSA) is 58.2 Å². The van der Waals surface area contributed by atoms with Crippen LogP contribution in [0.3, 0.4) is 0 Å². The molecule has 100 valence electrons. The van der Waals surface area contributed by atoms with Gasteiger partial charge in [-0.15, -0.1) is 0 Å². The van der Waals surface area contributed by atoms with Crippen LogP contribution in [-0.2, 0) is 4.79 Å². The minimum Gasteiger partial charge on any atom is -0.268 e. The van der Waals surface area contributed by atoms with Gasteiger partial charge in [0.2, 0.25) is 0 Å². The maximum Gasteiger partial charge on any atom is 0.269 e. The first-order chi connectivity index (χ1) is 9.75. The monoisotopic (exact) mass is 266 g/mol. The van der Waals surface area contributed by atoms with Crippen molar-refractivity contribution < 1.29 is 9.59 Å². The van der Waals surface area contributed by atoms with E-state index in [4.69, 9.17) is 0 Å². The van der Waals surface area contributed by atoms with Crippen LogP contribution < -0.4 is 10.9 Å². The molecule has 2 aromatic rings. The molecule has 20 heavy (non-hydrogen) atoms. The second kappa shape index (κ2) is 6.89. The Bertz CT molecular complexity index is 607. The molecule has 0 heterocycles. The molecule has 0 bridgehead atoms. The zero-order chi connectivity index (χ0) is 14.2. The maximum atomic E-state index is 11.7. The standard InChI is InChI=1S/C16H14N2O2/c19-15(12-11-13-7-3-1-4-8-13)17-18-16(20)14-9-5-2-6-10-14/h1-12H,(H,17,19)(H,18,20)/b12-11+. The first kappa shape index (κ1) is 13.5. The van der Waals surface area contributed by atoms with Crippen molar-refractivity contribution in [2.75, 3.05) is 0 Å². The van der Waals surface area contributed by atoms with Gasteiger partial charge in [-0.1, -0.05) is 48.5 Å². The second-order valence-corrected chi connectivity index (χ2v) is 4.05. The number of hydrogen-bond donors (Lipinski definition) is 2. The van der Waals surface area contributed by atoms with Crippen molar-refractivity contribution in [1.82, 2.24) is 10.9 Å². The normalized spacial score (nSPS) is 10.2. The quantitative estimate of drug-likeness (QED) is 0.660. The number of carbonyl (C=O) groups is 2. The lowest BCUT2D eigenvalue weighted by Crippen LogP contribution is -2.40. The molecule has 0 aliphatic carbocycles. The van der Waals surface area contributed by atoms with E-state index in [1.807, 2.05) is 36.4 Å². The van der Waals surface area contributed by atoms with Gasteiger partial charge in [-0.2, -0.15) is 0 Å². The average molecular weight is 266 g/mol. The fraction of sp³-hybridized carbons (Fsp3) is 0. The van der Waals surface area contributed by atoms with Gasteiger partial charge in [0.1, 0.15) is 0 Å². The Labute approximate surface area is 117 Å². The summed E-state index contributed by atoms with van der Waals surface area (Å²) >= 11 is 0. The summed E-state index contributed by atoms with van der Waals surface area (Å²) in [7, 11) is 0. The predicted molar refractivity (Wildman–Crippen MR) is 77.5 cm³/mol. The van der Waals surface area contributed by atoms with Crippen LogP contribution in [0.2, 0.25) is 0 Å². The number of rotatable bonds is 3. The summed E-state index contributed by atoms with van der Waals surface area (Å²) in [5.74, 6) is -0.745. The van der Waals surface area contributed by atoms with E-state index in [9.17, 15) is 9.59 Å². The molecule has 0 saturated heterocycles. The Balaban J connectivity index is 1.84. The highest BCUT2D eigenvalue weighted by atomic mass is 16.2. The number of benzene rings is 2. The van der Waals surface area contributed by atoms with Crippen molar-refractivity contribution in [2.24, 2.45) is 0 Å². The van der Waals surface area contributed by atoms with Crippen LogP contribution in [0.5, 0.6) is 0 Å². The van der Waals surface area contributed by atoms with Crippen molar-refractivity contribution in [3.63, 3.8) is 0 Å². The van der Waals surface area contributed by atoms with Gasteiger partial charge in [-0.3, -0.25) is 20.4 Å². The SMILES string of the molecule is O=C(/C=C/c1ccccc1)NNC(=O)c1ccccc1. The first-order valence-electron chi connectivity index (χ1n) is 6.14. The molecular formula is C16H14N2O2. The molecular weight excluding hydrogens is 252 g/mol. The predicted octanol–water partition coefficient (Wildman–Crippen LogP) is 2.16. The van der Waals surface area contributed by atoms with Gasteiger partial charge in [-0.25, -0.2) is 0 Å². The molecule has 0 unspecified atom stereocenters. The summed E-state index contributed by atoms with van der Waals surface area (Å²) in [5.41, 5.74) is 6.07. The molecule has 0 fully saturated rings. The van der Waals surface area contributed by atoms with E-state index >= 15 is 0 Å². The number of nitrogens with one attached hydrogen (secondary N) is 2. The fourth-order valence-electron chi connectivity index (χ4n) is 1.56. The Morgan fingerprint density at radius 2 is 1.40 bits per heavy atom. The molecule has 0 saturated carbocycles. The lowest BCUT2D eigenvalue weighted by atomic mass is 10.2. The van der Waals surface area contributed by atoms with E-state index in [1.54, 1.807) is 30.3 Å². The van der Waals surface area contributed by atoms with Gasteiger partial charge < -0.3 is 0 Å². The Kier molecular flexibility index (Phi) is 4.67. The van der Waals surface area contributed by atoms with E-state index < -0.39 is 5.91 Å². The molecule has 0 atom stereocenters. The van der Waals surface area contributed by atoms with Crippen LogP contribution in [0, 0.1) is 0 Å². The van der Waals surface area contributed by atoms with Gasteiger partial charge in [-0.05, 0) is 23.8 Å². The summed E-state index contributed by atoms with van der Waals surface area (Å²) in [4.78, 5) is 23.2. The van der Waals surface area contributed by atoms with Gasteiger partial charge in [0.25, 0.3) is 11.8 Å². The van der Waals surface area contributed by atoms with Gasteiger partial charge >= 0.3 is 0 Å². The molecule has 4 heteroatoms. The number of hydrazine groups is 1. The highest BCUT2D eigenvalue weighted by Crippen LogP contribution is 2.00. The van der Waals surface area contributed by atoms with E-state index in [2.05, 4.69) is 10.9 Å². The summed E-state index contributed by atoms with van der Waals surface area (Å²) < 4.78 is 0. The second-order valence-electron chi connectivity index (χ2n) is 4.05. The minimum atomic E-state index is -0.391. The van der Waals surface area contributed by atoms with Gasteiger partial charge in [0.15, 0.2) is 0 Å². The van der Waals surface area contributed by atoms with Crippen molar-refractivity contribution in [3.8, 4) is 0 Å². The zero-order valence-corrected chi connectivity index (χ0v) is 10.7. The highest BCUT2D eigenvalue weighted by Gasteiger charge is 2.04. The smallest absolute Gasteiger partial charge is 0.268 e. The maximum absolute atomic E-state index is 11.7. The molecule has 0 radical (unpaired) electrons. The molecule has 0 aromatic heterocycles. The summed E-state index contributed by atoms with van der Waals surface area (Å²) in [6.07, 6.45) is 3.03. The lowest BCUT2D eigenvalue weighted by molar-refractivity contribution is -0.117. The number of hydrogen-bond acceptors (Lipinski definition) is 2. The van der Waals surface area contributed by atoms with Crippen molar-refractivity contribution in [1.29, 1.82) is 0 Å². The summed E-state index contributed by atoms with van der Waals surface area (Å²) in [5, 5.41) is 0. The van der Waals surface area contributed by atoms with Crippen molar-refractivity contribution in [3.05, 3.63) is 77.9 Å². The van der Waals surface area contributed by atoms with E-state index in [0.29, 0.717) is 5.56 Å². The average Bonchev–Trinajstić information content (AvgIpc) is 2.52. The minimum absolute atomic E-state index is 0.355. The van der Waals surface area contributed by atoms with Crippen LogP contribution >= 0.6 is 0 Å². The molecule has 0 aliphatic rings. The van der Waals surface area contributed by atoms with Crippen LogP contribution in [-0.4, -0.2) is 11.8 Å². The molecule has 0 spiro atoms. The van der Waals surface area contributed by atoms with Crippen molar-refractivity contribution >= 4 is 17.9 Å². The Morgan fingerprint density at radius 3 is 2.05 bits per heavy atom. The van der Waals surface area contributed by atoms with Crippen LogP contribution in [0.4, 0.5) is 0 Å². The molecule has 2 N–H and O–H groups in total. The van der Waals surface area contributed by atoms with E-state index in [-0.39, 0.29) is 5.91 Å². The highest BCUT2D eigenvalue weighted by molar-refractivity contribution is 5.97. The third-order valence-electron chi connectivity index (χ3n) is 2.56. The Hall–Kier alpha value is -2.88. The third kappa shape index (κ3) is 4.10. The fourth-order valence-corrected chi connectivity index (χ4v) is 1.56. The summed E-state index contributed by atoms with van der Waals surface area (Å²) in [6.45, 7) is 0. The summed E-state index contributed by atoms with van der Waals surface area (Å²) in [6, 6.07) is 18.1. The third-order valence-corrected chi connectivity index (χ3v) is 2.56. The lowest BCUT2D eigenvalue weighted by Gasteiger charge is -2.04. The van der Waals surface area contributed by atoms with E-state index in [0.717, 1.165) is 5.56 Å². The Morgan fingerprint density at radius 1 is 0.800 bits per heavy atom. The van der Waals surface area contributed by atoms with Gasteiger partial charge in [0, 0.05) is 11.6 Å². The molecule has 2 aromatic carbocycles. The van der Waals surface area contributed by atoms with Crippen LogP contribution in [0.25, 0.3) is 6.08 Å². The first-order valence-corrected chi connectivity index (χ1v) is 6.14. The van der Waals surface area contributed by atoms with Gasteiger partial charge in [0.05, 0.1) is 0 Å². The number of carbonyl (C=O) groups excluding carboxylic acids is 2. The zero-order valence-electron chi connectivity index (χ0n) is 10.7. The van der Waals surface area contributed by atoms with Crippen LogP contribution in [0.15, 0.2) is 66.7 Å². The van der Waals surface area contributed by atoms with E-state index in [1.165, 1.54) is 6.08 Å². The number of amides is 2. The molecule has 2 amide bonds. The largest absolute Gasteiger partial charge is 0.269 e.